The molecule has 1 aromatic carbocycles. The van der Waals surface area contributed by atoms with E-state index in [2.05, 4.69) is 50.5 Å². The van der Waals surface area contributed by atoms with Crippen LogP contribution in [0.25, 0.3) is 21.0 Å². The smallest absolute Gasteiger partial charge is 0.224 e. The van der Waals surface area contributed by atoms with Gasteiger partial charge in [-0.1, -0.05) is 12.1 Å². The number of nitrogens with one attached hydrogen (secondary N) is 1. The molecule has 1 aliphatic heterocycles. The van der Waals surface area contributed by atoms with E-state index in [1.165, 1.54) is 23.6 Å². The number of pyridine rings is 1. The molecule has 0 bridgehead atoms. The molecule has 0 atom stereocenters. The highest BCUT2D eigenvalue weighted by atomic mass is 32.2. The van der Waals surface area contributed by atoms with E-state index in [0.717, 1.165) is 58.6 Å². The minimum Gasteiger partial charge on any atom is -0.370 e. The summed E-state index contributed by atoms with van der Waals surface area (Å²) < 4.78 is 38.3. The van der Waals surface area contributed by atoms with Crippen LogP contribution in [0.15, 0.2) is 48.9 Å². The van der Waals surface area contributed by atoms with Crippen LogP contribution >= 0.6 is 11.3 Å². The summed E-state index contributed by atoms with van der Waals surface area (Å²) in [4.78, 5) is 23.4. The molecule has 0 radical (unpaired) electrons. The number of nitrogens with zero attached hydrogens (tertiary/aromatic N) is 4. The summed E-state index contributed by atoms with van der Waals surface area (Å²) in [6, 6.07) is 11.9. The van der Waals surface area contributed by atoms with Gasteiger partial charge in [0.1, 0.15) is 22.0 Å². The Balaban J connectivity index is 0.000000182. The number of halogens is 2. The highest BCUT2D eigenvalue weighted by molar-refractivity contribution is 7.85. The second-order valence-corrected chi connectivity index (χ2v) is 13.9. The molecule has 41 heavy (non-hydrogen) atoms. The molecule has 3 fully saturated rings. The second-order valence-electron chi connectivity index (χ2n) is 11.2. The number of hydrogen-bond acceptors (Lipinski definition) is 7. The lowest BCUT2D eigenvalue weighted by Gasteiger charge is -2.30. The van der Waals surface area contributed by atoms with E-state index in [1.807, 2.05) is 6.20 Å². The Labute approximate surface area is 245 Å². The van der Waals surface area contributed by atoms with Crippen LogP contribution in [-0.4, -0.2) is 55.9 Å². The quantitative estimate of drug-likeness (QED) is 0.408. The van der Waals surface area contributed by atoms with Gasteiger partial charge in [-0.25, -0.2) is 13.8 Å². The summed E-state index contributed by atoms with van der Waals surface area (Å²) in [5, 5.41) is 12.4. The molecule has 6 rings (SSSR count). The average molecular weight is 598 g/mol. The third-order valence-corrected chi connectivity index (χ3v) is 10.2. The molecule has 3 heterocycles. The van der Waals surface area contributed by atoms with Crippen molar-refractivity contribution in [3.63, 3.8) is 0 Å². The average Bonchev–Trinajstić information content (AvgIpc) is 3.56. The Morgan fingerprint density at radius 1 is 1.10 bits per heavy atom. The van der Waals surface area contributed by atoms with Gasteiger partial charge >= 0.3 is 0 Å². The Bertz CT molecular complexity index is 1430. The molecule has 1 saturated heterocycles. The van der Waals surface area contributed by atoms with Crippen molar-refractivity contribution >= 4 is 33.7 Å². The SMILES string of the molecule is CC1(F)CCC(C(=O)NC2(C#N)CC2)CC1.O=S1CCN(c2ccc(-c3cnc(-c4cncc(F)c4)s3)cc2)CC1. The van der Waals surface area contributed by atoms with Crippen LogP contribution in [0.2, 0.25) is 0 Å². The molecule has 0 spiro atoms. The summed E-state index contributed by atoms with van der Waals surface area (Å²) in [6.07, 6.45) is 8.22. The van der Waals surface area contributed by atoms with Gasteiger partial charge in [-0.15, -0.1) is 11.3 Å². The first kappa shape index (κ1) is 29.3. The van der Waals surface area contributed by atoms with Gasteiger partial charge in [0, 0.05) is 65.0 Å². The van der Waals surface area contributed by atoms with Gasteiger partial charge in [-0.2, -0.15) is 5.26 Å². The Morgan fingerprint density at radius 2 is 1.78 bits per heavy atom. The van der Waals surface area contributed by atoms with E-state index in [-0.39, 0.29) is 17.6 Å². The predicted molar refractivity (Wildman–Crippen MR) is 158 cm³/mol. The highest BCUT2D eigenvalue weighted by Crippen LogP contribution is 2.38. The molecule has 0 unspecified atom stereocenters. The van der Waals surface area contributed by atoms with Crippen molar-refractivity contribution in [3.8, 4) is 27.1 Å². The minimum atomic E-state index is -1.11. The van der Waals surface area contributed by atoms with Gasteiger partial charge in [0.15, 0.2) is 0 Å². The van der Waals surface area contributed by atoms with Crippen LogP contribution in [0, 0.1) is 23.1 Å². The third-order valence-electron chi connectivity index (χ3n) is 7.88. The lowest BCUT2D eigenvalue weighted by molar-refractivity contribution is -0.127. The summed E-state index contributed by atoms with van der Waals surface area (Å²) in [6.45, 7) is 3.27. The number of benzene rings is 1. The molecule has 11 heteroatoms. The number of thiazole rings is 1. The lowest BCUT2D eigenvalue weighted by Crippen LogP contribution is -2.42. The molecular formula is C30H33F2N5O2S2. The number of carbonyl (C=O) groups is 1. The molecule has 7 nitrogen and oxygen atoms in total. The summed E-state index contributed by atoms with van der Waals surface area (Å²) in [5.74, 6) is 0.953. The Morgan fingerprint density at radius 3 is 2.39 bits per heavy atom. The number of aromatic nitrogens is 2. The summed E-state index contributed by atoms with van der Waals surface area (Å²) in [5.41, 5.74) is 1.22. The van der Waals surface area contributed by atoms with E-state index < -0.39 is 22.0 Å². The normalized spacial score (nSPS) is 23.6. The van der Waals surface area contributed by atoms with Crippen molar-refractivity contribution in [3.05, 3.63) is 54.7 Å². The van der Waals surface area contributed by atoms with E-state index in [9.17, 15) is 17.8 Å². The number of amides is 1. The van der Waals surface area contributed by atoms with Crippen molar-refractivity contribution in [1.29, 1.82) is 5.26 Å². The molecular weight excluding hydrogens is 564 g/mol. The molecule has 2 aromatic heterocycles. The standard InChI is InChI=1S/C18H16FN3OS2.C12H17FN2O/c19-15-9-14(10-20-11-15)18-21-12-17(24-18)13-1-3-16(4-2-13)22-5-7-25(23)8-6-22;1-11(13)4-2-9(3-5-11)10(16)15-12(8-14)6-7-12/h1-4,9-12H,5-8H2;9H,2-7H2,1H3,(H,15,16). The van der Waals surface area contributed by atoms with Crippen molar-refractivity contribution in [2.24, 2.45) is 5.92 Å². The number of anilines is 1. The van der Waals surface area contributed by atoms with Gasteiger partial charge in [-0.05, 0) is 69.2 Å². The molecule has 2 saturated carbocycles. The second kappa shape index (κ2) is 12.3. The highest BCUT2D eigenvalue weighted by Gasteiger charge is 2.46. The van der Waals surface area contributed by atoms with E-state index in [4.69, 9.17) is 5.26 Å². The maximum absolute atomic E-state index is 13.5. The Kier molecular flexibility index (Phi) is 8.80. The molecule has 3 aromatic rings. The topological polar surface area (TPSA) is 99.0 Å². The molecule has 1 N–H and O–H groups in total. The fourth-order valence-electron chi connectivity index (χ4n) is 5.01. The summed E-state index contributed by atoms with van der Waals surface area (Å²) in [7, 11) is -0.666. The van der Waals surface area contributed by atoms with E-state index in [0.29, 0.717) is 31.2 Å². The molecule has 1 amide bonds. The maximum atomic E-state index is 13.5. The van der Waals surface area contributed by atoms with Gasteiger partial charge in [0.25, 0.3) is 0 Å². The molecule has 216 valence electrons. The van der Waals surface area contributed by atoms with Crippen LogP contribution in [0.4, 0.5) is 14.5 Å². The van der Waals surface area contributed by atoms with Crippen LogP contribution in [0.5, 0.6) is 0 Å². The number of hydrogen-bond donors (Lipinski definition) is 1. The number of carbonyl (C=O) groups excluding carboxylic acids is 1. The fraction of sp³-hybridized carbons (Fsp3) is 0.467. The maximum Gasteiger partial charge on any atom is 0.224 e. The first-order valence-corrected chi connectivity index (χ1v) is 16.2. The van der Waals surface area contributed by atoms with Crippen LogP contribution < -0.4 is 10.2 Å². The van der Waals surface area contributed by atoms with Gasteiger partial charge in [-0.3, -0.25) is 14.0 Å². The zero-order valence-electron chi connectivity index (χ0n) is 22.9. The first-order chi connectivity index (χ1) is 19.7. The number of alkyl halides is 1. The van der Waals surface area contributed by atoms with Gasteiger partial charge < -0.3 is 10.2 Å². The minimum absolute atomic E-state index is 0.0606. The Hall–Kier alpha value is -3.23. The van der Waals surface area contributed by atoms with Crippen LogP contribution in [0.3, 0.4) is 0 Å². The van der Waals surface area contributed by atoms with Crippen molar-refractivity contribution in [1.82, 2.24) is 15.3 Å². The van der Waals surface area contributed by atoms with Gasteiger partial charge in [0.05, 0.1) is 17.1 Å². The van der Waals surface area contributed by atoms with Crippen molar-refractivity contribution in [2.45, 2.75) is 56.7 Å². The molecule has 2 aliphatic carbocycles. The predicted octanol–water partition coefficient (Wildman–Crippen LogP) is 5.66. The zero-order valence-corrected chi connectivity index (χ0v) is 24.6. The van der Waals surface area contributed by atoms with E-state index >= 15 is 0 Å². The largest absolute Gasteiger partial charge is 0.370 e. The fourth-order valence-corrected chi connectivity index (χ4v) is 6.97. The van der Waals surface area contributed by atoms with Crippen LogP contribution in [-0.2, 0) is 15.6 Å². The summed E-state index contributed by atoms with van der Waals surface area (Å²) >= 11 is 1.52. The van der Waals surface area contributed by atoms with Gasteiger partial charge in [0.2, 0.25) is 5.91 Å². The zero-order chi connectivity index (χ0) is 29.0. The van der Waals surface area contributed by atoms with Crippen LogP contribution in [0.1, 0.15) is 45.4 Å². The monoisotopic (exact) mass is 597 g/mol. The van der Waals surface area contributed by atoms with Crippen molar-refractivity contribution in [2.75, 3.05) is 29.5 Å². The first-order valence-electron chi connectivity index (χ1n) is 13.8. The number of nitriles is 1. The lowest BCUT2D eigenvalue weighted by atomic mass is 9.80. The van der Waals surface area contributed by atoms with Crippen molar-refractivity contribution < 1.29 is 17.8 Å². The third kappa shape index (κ3) is 7.54. The molecule has 3 aliphatic rings. The van der Waals surface area contributed by atoms with E-state index in [1.54, 1.807) is 13.1 Å². The number of rotatable bonds is 5.